The molecule has 5 rings (SSSR count). The molecule has 0 radical (unpaired) electrons. The van der Waals surface area contributed by atoms with E-state index < -0.39 is 10.8 Å². The van der Waals surface area contributed by atoms with Crippen molar-refractivity contribution in [2.75, 3.05) is 16.9 Å². The number of anilines is 4. The number of aromatic nitrogens is 5. The molecule has 35 heavy (non-hydrogen) atoms. The molecule has 1 atom stereocenters. The molecular formula is C24H20N8OS2. The van der Waals surface area contributed by atoms with Crippen LogP contribution in [0, 0.1) is 25.2 Å². The number of nitrogens with one attached hydrogen (secondary N) is 3. The highest BCUT2D eigenvalue weighted by molar-refractivity contribution is 7.84. The average molecular weight is 501 g/mol. The van der Waals surface area contributed by atoms with E-state index in [4.69, 9.17) is 5.26 Å². The summed E-state index contributed by atoms with van der Waals surface area (Å²) in [5.41, 5.74) is 3.87. The molecule has 0 aliphatic heterocycles. The molecule has 5 aromatic rings. The zero-order valence-corrected chi connectivity index (χ0v) is 20.7. The summed E-state index contributed by atoms with van der Waals surface area (Å²) in [7, 11) is -1.24. The molecule has 0 fully saturated rings. The molecule has 3 N–H and O–H groups in total. The van der Waals surface area contributed by atoms with E-state index >= 15 is 0 Å². The van der Waals surface area contributed by atoms with Crippen molar-refractivity contribution in [1.29, 1.82) is 5.26 Å². The largest absolute Gasteiger partial charge is 0.353 e. The summed E-state index contributed by atoms with van der Waals surface area (Å²) in [6.45, 7) is 3.86. The number of hydrogen-bond acceptors (Lipinski definition) is 9. The molecule has 0 amide bonds. The first-order valence-electron chi connectivity index (χ1n) is 10.6. The minimum Gasteiger partial charge on any atom is -0.353 e. The van der Waals surface area contributed by atoms with Crippen molar-refractivity contribution >= 4 is 56.3 Å². The SMILES string of the molecule is Cc1nc2nc(Nc3cccc(C#N)n3)cc(Nc3ccc(-c4ncc(C)s4)cc3S(C)=O)c2[nH]1. The maximum atomic E-state index is 12.7. The average Bonchev–Trinajstić information content (AvgIpc) is 3.44. The summed E-state index contributed by atoms with van der Waals surface area (Å²) in [6, 6.07) is 14.8. The van der Waals surface area contributed by atoms with Gasteiger partial charge in [-0.15, -0.1) is 11.3 Å². The summed E-state index contributed by atoms with van der Waals surface area (Å²) in [5, 5.41) is 16.6. The van der Waals surface area contributed by atoms with Crippen LogP contribution in [-0.4, -0.2) is 35.4 Å². The monoisotopic (exact) mass is 500 g/mol. The van der Waals surface area contributed by atoms with Crippen LogP contribution in [0.4, 0.5) is 23.0 Å². The lowest BCUT2D eigenvalue weighted by molar-refractivity contribution is 0.687. The Hall–Kier alpha value is -4.14. The molecule has 1 aromatic carbocycles. The third-order valence-electron chi connectivity index (χ3n) is 5.13. The summed E-state index contributed by atoms with van der Waals surface area (Å²) in [6.07, 6.45) is 3.49. The number of pyridine rings is 2. The smallest absolute Gasteiger partial charge is 0.181 e. The van der Waals surface area contributed by atoms with Crippen LogP contribution in [0.3, 0.4) is 0 Å². The van der Waals surface area contributed by atoms with Crippen LogP contribution in [0.15, 0.2) is 53.6 Å². The molecule has 0 bridgehead atoms. The maximum Gasteiger partial charge on any atom is 0.181 e. The van der Waals surface area contributed by atoms with Crippen LogP contribution in [0.5, 0.6) is 0 Å². The van der Waals surface area contributed by atoms with Gasteiger partial charge in [0.15, 0.2) is 5.65 Å². The van der Waals surface area contributed by atoms with Crippen LogP contribution < -0.4 is 10.6 Å². The third-order valence-corrected chi connectivity index (χ3v) is 7.05. The molecule has 0 spiro atoms. The number of nitriles is 1. The maximum absolute atomic E-state index is 12.7. The van der Waals surface area contributed by atoms with Crippen LogP contribution in [-0.2, 0) is 10.8 Å². The normalized spacial score (nSPS) is 11.8. The van der Waals surface area contributed by atoms with Gasteiger partial charge in [-0.3, -0.25) is 4.21 Å². The van der Waals surface area contributed by atoms with Crippen LogP contribution in [0.1, 0.15) is 16.4 Å². The number of imidazole rings is 1. The second-order valence-corrected chi connectivity index (χ2v) is 10.4. The van der Waals surface area contributed by atoms with Gasteiger partial charge in [0.25, 0.3) is 0 Å². The summed E-state index contributed by atoms with van der Waals surface area (Å²) in [4.78, 5) is 22.8. The summed E-state index contributed by atoms with van der Waals surface area (Å²) in [5.74, 6) is 1.71. The fourth-order valence-corrected chi connectivity index (χ4v) is 5.08. The Labute approximate surface area is 207 Å². The first kappa shape index (κ1) is 22.6. The fourth-order valence-electron chi connectivity index (χ4n) is 3.59. The van der Waals surface area contributed by atoms with E-state index in [0.29, 0.717) is 45.1 Å². The van der Waals surface area contributed by atoms with Gasteiger partial charge >= 0.3 is 0 Å². The zero-order chi connectivity index (χ0) is 24.5. The lowest BCUT2D eigenvalue weighted by atomic mass is 10.2. The molecule has 0 saturated carbocycles. The first-order valence-corrected chi connectivity index (χ1v) is 13.0. The molecule has 4 aromatic heterocycles. The van der Waals surface area contributed by atoms with Crippen LogP contribution >= 0.6 is 11.3 Å². The number of fused-ring (bicyclic) bond motifs is 1. The van der Waals surface area contributed by atoms with E-state index in [1.54, 1.807) is 35.8 Å². The lowest BCUT2D eigenvalue weighted by Crippen LogP contribution is -2.02. The van der Waals surface area contributed by atoms with Gasteiger partial charge in [0, 0.05) is 29.0 Å². The van der Waals surface area contributed by atoms with Gasteiger partial charge in [0.05, 0.1) is 27.1 Å². The van der Waals surface area contributed by atoms with Gasteiger partial charge in [0.1, 0.15) is 39.7 Å². The fraction of sp³-hybridized carbons (Fsp3) is 0.125. The van der Waals surface area contributed by atoms with E-state index in [-0.39, 0.29) is 0 Å². The Morgan fingerprint density at radius 1 is 1.03 bits per heavy atom. The van der Waals surface area contributed by atoms with Gasteiger partial charge in [-0.2, -0.15) is 5.26 Å². The van der Waals surface area contributed by atoms with Gasteiger partial charge in [-0.1, -0.05) is 6.07 Å². The Morgan fingerprint density at radius 2 is 1.89 bits per heavy atom. The Bertz CT molecular complexity index is 1630. The number of benzene rings is 1. The number of hydrogen-bond donors (Lipinski definition) is 3. The van der Waals surface area contributed by atoms with Crippen molar-refractivity contribution < 1.29 is 4.21 Å². The van der Waals surface area contributed by atoms with E-state index in [2.05, 4.69) is 35.6 Å². The second-order valence-electron chi connectivity index (χ2n) is 7.79. The van der Waals surface area contributed by atoms with Crippen LogP contribution in [0.2, 0.25) is 0 Å². The highest BCUT2D eigenvalue weighted by Gasteiger charge is 2.15. The van der Waals surface area contributed by atoms with Crippen molar-refractivity contribution in [3.8, 4) is 16.6 Å². The second kappa shape index (κ2) is 9.25. The van der Waals surface area contributed by atoms with Gasteiger partial charge in [-0.05, 0) is 44.2 Å². The quantitative estimate of drug-likeness (QED) is 0.290. The van der Waals surface area contributed by atoms with E-state index in [9.17, 15) is 4.21 Å². The number of aromatic amines is 1. The van der Waals surface area contributed by atoms with Crippen molar-refractivity contribution in [1.82, 2.24) is 24.9 Å². The van der Waals surface area contributed by atoms with Gasteiger partial charge < -0.3 is 15.6 Å². The molecule has 4 heterocycles. The zero-order valence-electron chi connectivity index (χ0n) is 19.1. The molecular weight excluding hydrogens is 480 g/mol. The first-order chi connectivity index (χ1) is 16.9. The van der Waals surface area contributed by atoms with E-state index in [1.807, 2.05) is 50.4 Å². The predicted molar refractivity (Wildman–Crippen MR) is 139 cm³/mol. The Balaban J connectivity index is 1.55. The van der Waals surface area contributed by atoms with Crippen LogP contribution in [0.25, 0.3) is 21.7 Å². The van der Waals surface area contributed by atoms with Crippen molar-refractivity contribution in [3.63, 3.8) is 0 Å². The molecule has 0 aliphatic rings. The van der Waals surface area contributed by atoms with Gasteiger partial charge in [-0.25, -0.2) is 19.9 Å². The number of nitrogens with zero attached hydrogens (tertiary/aromatic N) is 5. The van der Waals surface area contributed by atoms with Crippen molar-refractivity contribution in [3.05, 3.63) is 65.1 Å². The number of H-pyrrole nitrogens is 1. The number of rotatable bonds is 6. The topological polar surface area (TPSA) is 132 Å². The molecule has 9 nitrogen and oxygen atoms in total. The number of thiazole rings is 1. The molecule has 174 valence electrons. The summed E-state index contributed by atoms with van der Waals surface area (Å²) < 4.78 is 12.7. The van der Waals surface area contributed by atoms with Crippen molar-refractivity contribution in [2.45, 2.75) is 18.7 Å². The molecule has 1 unspecified atom stereocenters. The standard InChI is InChI=1S/C24H20N8OS2/c1-13-12-26-24(34-13)15-7-8-17(19(9-15)35(3)33)30-18-10-21(32-23-22(18)27-14(2)28-23)31-20-6-4-5-16(11-25)29-20/h4-10,12H,1-3H3,(H3,27,28,29,30,31,32). The summed E-state index contributed by atoms with van der Waals surface area (Å²) >= 11 is 1.59. The van der Waals surface area contributed by atoms with Crippen molar-refractivity contribution in [2.24, 2.45) is 0 Å². The lowest BCUT2D eigenvalue weighted by Gasteiger charge is -2.14. The Kier molecular flexibility index (Phi) is 5.98. The minimum atomic E-state index is -1.24. The highest BCUT2D eigenvalue weighted by atomic mass is 32.2. The molecule has 11 heteroatoms. The predicted octanol–water partition coefficient (Wildman–Crippen LogP) is 5.19. The van der Waals surface area contributed by atoms with E-state index in [1.165, 1.54) is 0 Å². The minimum absolute atomic E-state index is 0.302. The highest BCUT2D eigenvalue weighted by Crippen LogP contribution is 2.34. The van der Waals surface area contributed by atoms with Gasteiger partial charge in [0.2, 0.25) is 0 Å². The molecule has 0 aliphatic carbocycles. The molecule has 0 saturated heterocycles. The Morgan fingerprint density at radius 3 is 2.63 bits per heavy atom. The van der Waals surface area contributed by atoms with E-state index in [0.717, 1.165) is 21.0 Å². The third kappa shape index (κ3) is 4.75. The number of aryl methyl sites for hydroxylation is 2.